The number of carbonyl (C=O) groups is 1. The molecule has 0 spiro atoms. The predicted octanol–water partition coefficient (Wildman–Crippen LogP) is 2.07. The standard InChI is InChI=1S/C17H27N3O/c1-3-6-13(2)19-17(21)12-20-15(11-18)10-9-14-7-4-5-8-16(14)20/h4-5,7-8,13,15H,3,6,9-12,18H2,1-2H3,(H,19,21). The fourth-order valence-electron chi connectivity index (χ4n) is 3.12. The van der Waals surface area contributed by atoms with Gasteiger partial charge in [0.05, 0.1) is 6.54 Å². The highest BCUT2D eigenvalue weighted by molar-refractivity contribution is 5.82. The van der Waals surface area contributed by atoms with Crippen LogP contribution in [-0.2, 0) is 11.2 Å². The van der Waals surface area contributed by atoms with E-state index in [1.54, 1.807) is 0 Å². The van der Waals surface area contributed by atoms with E-state index in [2.05, 4.69) is 42.3 Å². The number of amides is 1. The van der Waals surface area contributed by atoms with Crippen LogP contribution in [0.25, 0.3) is 0 Å². The van der Waals surface area contributed by atoms with E-state index >= 15 is 0 Å². The van der Waals surface area contributed by atoms with Crippen LogP contribution in [0.3, 0.4) is 0 Å². The lowest BCUT2D eigenvalue weighted by Crippen LogP contribution is -2.49. The van der Waals surface area contributed by atoms with E-state index in [0.717, 1.165) is 31.4 Å². The molecule has 1 amide bonds. The zero-order valence-corrected chi connectivity index (χ0v) is 13.1. The summed E-state index contributed by atoms with van der Waals surface area (Å²) in [6, 6.07) is 8.82. The molecule has 0 fully saturated rings. The second-order valence-electron chi connectivity index (χ2n) is 5.94. The minimum Gasteiger partial charge on any atom is -0.358 e. The molecule has 1 aliphatic rings. The number of benzene rings is 1. The van der Waals surface area contributed by atoms with Crippen molar-refractivity contribution in [1.29, 1.82) is 0 Å². The molecule has 2 rings (SSSR count). The first kappa shape index (κ1) is 15.8. The lowest BCUT2D eigenvalue weighted by molar-refractivity contribution is -0.120. The second-order valence-corrected chi connectivity index (χ2v) is 5.94. The minimum atomic E-state index is 0.0890. The summed E-state index contributed by atoms with van der Waals surface area (Å²) in [4.78, 5) is 14.4. The Labute approximate surface area is 127 Å². The number of anilines is 1. The van der Waals surface area contributed by atoms with Gasteiger partial charge in [-0.05, 0) is 37.8 Å². The summed E-state index contributed by atoms with van der Waals surface area (Å²) in [7, 11) is 0. The third-order valence-electron chi connectivity index (χ3n) is 4.20. The maximum absolute atomic E-state index is 12.3. The number of hydrogen-bond donors (Lipinski definition) is 2. The molecule has 1 aliphatic heterocycles. The number of para-hydroxylation sites is 1. The fourth-order valence-corrected chi connectivity index (χ4v) is 3.12. The number of rotatable bonds is 6. The van der Waals surface area contributed by atoms with Crippen LogP contribution in [0.15, 0.2) is 24.3 Å². The van der Waals surface area contributed by atoms with Crippen LogP contribution < -0.4 is 16.0 Å². The van der Waals surface area contributed by atoms with Crippen LogP contribution in [0.4, 0.5) is 5.69 Å². The van der Waals surface area contributed by atoms with Crippen molar-refractivity contribution in [2.75, 3.05) is 18.0 Å². The van der Waals surface area contributed by atoms with Crippen molar-refractivity contribution < 1.29 is 4.79 Å². The number of hydrogen-bond acceptors (Lipinski definition) is 3. The summed E-state index contributed by atoms with van der Waals surface area (Å²) < 4.78 is 0. The Balaban J connectivity index is 2.07. The topological polar surface area (TPSA) is 58.4 Å². The summed E-state index contributed by atoms with van der Waals surface area (Å²) >= 11 is 0. The average molecular weight is 289 g/mol. The Morgan fingerprint density at radius 2 is 2.24 bits per heavy atom. The minimum absolute atomic E-state index is 0.0890. The first-order valence-corrected chi connectivity index (χ1v) is 7.99. The molecule has 2 unspecified atom stereocenters. The van der Waals surface area contributed by atoms with Gasteiger partial charge in [-0.1, -0.05) is 31.5 Å². The van der Waals surface area contributed by atoms with Crippen molar-refractivity contribution in [3.8, 4) is 0 Å². The van der Waals surface area contributed by atoms with Gasteiger partial charge >= 0.3 is 0 Å². The van der Waals surface area contributed by atoms with E-state index in [4.69, 9.17) is 5.73 Å². The predicted molar refractivity (Wildman–Crippen MR) is 87.5 cm³/mol. The molecular formula is C17H27N3O. The lowest BCUT2D eigenvalue weighted by Gasteiger charge is -2.38. The molecule has 0 aliphatic carbocycles. The van der Waals surface area contributed by atoms with Crippen LogP contribution in [0.1, 0.15) is 38.7 Å². The van der Waals surface area contributed by atoms with Gasteiger partial charge in [0.15, 0.2) is 0 Å². The van der Waals surface area contributed by atoms with Crippen LogP contribution in [0.2, 0.25) is 0 Å². The van der Waals surface area contributed by atoms with E-state index in [1.807, 2.05) is 6.07 Å². The Kier molecular flexibility index (Phi) is 5.62. The number of carbonyl (C=O) groups excluding carboxylic acids is 1. The highest BCUT2D eigenvalue weighted by Gasteiger charge is 2.26. The zero-order chi connectivity index (χ0) is 15.2. The largest absolute Gasteiger partial charge is 0.358 e. The molecule has 0 radical (unpaired) electrons. The van der Waals surface area contributed by atoms with Crippen molar-refractivity contribution in [2.45, 2.75) is 51.6 Å². The van der Waals surface area contributed by atoms with Gasteiger partial charge in [0.2, 0.25) is 5.91 Å². The molecular weight excluding hydrogens is 262 g/mol. The average Bonchev–Trinajstić information content (AvgIpc) is 2.47. The molecule has 4 heteroatoms. The number of fused-ring (bicyclic) bond motifs is 1. The molecule has 1 aromatic carbocycles. The van der Waals surface area contributed by atoms with Gasteiger partial charge in [0.1, 0.15) is 0 Å². The summed E-state index contributed by atoms with van der Waals surface area (Å²) in [6.07, 6.45) is 4.16. The maximum Gasteiger partial charge on any atom is 0.239 e. The highest BCUT2D eigenvalue weighted by atomic mass is 16.2. The molecule has 0 saturated heterocycles. The zero-order valence-electron chi connectivity index (χ0n) is 13.1. The van der Waals surface area contributed by atoms with Gasteiger partial charge in [-0.25, -0.2) is 0 Å². The Bertz CT molecular complexity index is 475. The highest BCUT2D eigenvalue weighted by Crippen LogP contribution is 2.29. The number of nitrogens with zero attached hydrogens (tertiary/aromatic N) is 1. The molecule has 0 saturated carbocycles. The molecule has 1 aromatic rings. The first-order valence-electron chi connectivity index (χ1n) is 7.99. The van der Waals surface area contributed by atoms with E-state index in [1.165, 1.54) is 5.56 Å². The molecule has 1 heterocycles. The van der Waals surface area contributed by atoms with Crippen LogP contribution >= 0.6 is 0 Å². The van der Waals surface area contributed by atoms with Crippen molar-refractivity contribution in [2.24, 2.45) is 5.73 Å². The Morgan fingerprint density at radius 3 is 2.95 bits per heavy atom. The van der Waals surface area contributed by atoms with Gasteiger partial charge < -0.3 is 16.0 Å². The second kappa shape index (κ2) is 7.46. The van der Waals surface area contributed by atoms with Crippen molar-refractivity contribution in [1.82, 2.24) is 5.32 Å². The van der Waals surface area contributed by atoms with Gasteiger partial charge in [-0.3, -0.25) is 4.79 Å². The SMILES string of the molecule is CCCC(C)NC(=O)CN1c2ccccc2CCC1CN. The molecule has 21 heavy (non-hydrogen) atoms. The Morgan fingerprint density at radius 1 is 1.48 bits per heavy atom. The summed E-state index contributed by atoms with van der Waals surface area (Å²) in [5.74, 6) is 0.0890. The maximum atomic E-state index is 12.3. The third kappa shape index (κ3) is 3.97. The van der Waals surface area contributed by atoms with Crippen LogP contribution in [0.5, 0.6) is 0 Å². The molecule has 0 bridgehead atoms. The van der Waals surface area contributed by atoms with Crippen molar-refractivity contribution in [3.05, 3.63) is 29.8 Å². The van der Waals surface area contributed by atoms with E-state index in [-0.39, 0.29) is 18.0 Å². The number of nitrogens with two attached hydrogens (primary N) is 1. The Hall–Kier alpha value is -1.55. The van der Waals surface area contributed by atoms with Crippen molar-refractivity contribution in [3.63, 3.8) is 0 Å². The van der Waals surface area contributed by atoms with E-state index in [0.29, 0.717) is 13.1 Å². The van der Waals surface area contributed by atoms with Gasteiger partial charge in [0.25, 0.3) is 0 Å². The van der Waals surface area contributed by atoms with Gasteiger partial charge in [-0.2, -0.15) is 0 Å². The molecule has 3 N–H and O–H groups in total. The quantitative estimate of drug-likeness (QED) is 0.843. The molecule has 2 atom stereocenters. The van der Waals surface area contributed by atoms with E-state index < -0.39 is 0 Å². The van der Waals surface area contributed by atoms with Crippen molar-refractivity contribution >= 4 is 11.6 Å². The van der Waals surface area contributed by atoms with Gasteiger partial charge in [-0.15, -0.1) is 0 Å². The third-order valence-corrected chi connectivity index (χ3v) is 4.20. The summed E-state index contributed by atoms with van der Waals surface area (Å²) in [5, 5.41) is 3.08. The van der Waals surface area contributed by atoms with E-state index in [9.17, 15) is 4.79 Å². The number of aryl methyl sites for hydroxylation is 1. The lowest BCUT2D eigenvalue weighted by atomic mass is 9.95. The molecule has 0 aromatic heterocycles. The summed E-state index contributed by atoms with van der Waals surface area (Å²) in [5.41, 5.74) is 8.38. The monoisotopic (exact) mass is 289 g/mol. The first-order chi connectivity index (χ1) is 10.2. The normalized spacial score (nSPS) is 19.0. The molecule has 4 nitrogen and oxygen atoms in total. The van der Waals surface area contributed by atoms with Crippen LogP contribution in [-0.4, -0.2) is 31.1 Å². The number of nitrogens with one attached hydrogen (secondary N) is 1. The molecule has 116 valence electrons. The fraction of sp³-hybridized carbons (Fsp3) is 0.588. The summed E-state index contributed by atoms with van der Waals surface area (Å²) in [6.45, 7) is 5.18. The van der Waals surface area contributed by atoms with Gasteiger partial charge in [0, 0.05) is 24.3 Å². The smallest absolute Gasteiger partial charge is 0.239 e. The van der Waals surface area contributed by atoms with Crippen LogP contribution in [0, 0.1) is 0 Å².